The van der Waals surface area contributed by atoms with Crippen molar-refractivity contribution < 1.29 is 18.7 Å². The number of aromatic nitrogens is 1. The van der Waals surface area contributed by atoms with Crippen LogP contribution < -0.4 is 9.64 Å². The van der Waals surface area contributed by atoms with Crippen LogP contribution in [-0.4, -0.2) is 37.3 Å². The van der Waals surface area contributed by atoms with Gasteiger partial charge in [-0.2, -0.15) is 0 Å². The summed E-state index contributed by atoms with van der Waals surface area (Å²) in [6.45, 7) is 3.23. The maximum Gasteiger partial charge on any atom is 0.295 e. The number of methoxy groups -OCH3 is 1. The van der Waals surface area contributed by atoms with E-state index in [1.807, 2.05) is 30.3 Å². The average molecular weight is 423 g/mol. The number of rotatable bonds is 5. The molecule has 0 radical (unpaired) electrons. The Kier molecular flexibility index (Phi) is 4.92. The van der Waals surface area contributed by atoms with Crippen molar-refractivity contribution in [3.63, 3.8) is 0 Å². The quantitative estimate of drug-likeness (QED) is 0.443. The molecule has 0 saturated carbocycles. The van der Waals surface area contributed by atoms with Crippen molar-refractivity contribution >= 4 is 43.6 Å². The summed E-state index contributed by atoms with van der Waals surface area (Å²) in [5.41, 5.74) is 2.62. The molecule has 1 atom stereocenters. The topological polar surface area (TPSA) is 64.8 Å². The molecule has 1 fully saturated rings. The van der Waals surface area contributed by atoms with E-state index in [-0.39, 0.29) is 17.8 Å². The zero-order valence-electron chi connectivity index (χ0n) is 16.9. The van der Waals surface area contributed by atoms with E-state index in [9.17, 15) is 4.79 Å². The third-order valence-corrected chi connectivity index (χ3v) is 6.40. The van der Waals surface area contributed by atoms with Gasteiger partial charge in [-0.15, -0.1) is 0 Å². The maximum atomic E-state index is 13.5. The van der Waals surface area contributed by atoms with Crippen LogP contribution in [0.3, 0.4) is 0 Å². The largest absolute Gasteiger partial charge is 0.493 e. The van der Waals surface area contributed by atoms with Gasteiger partial charge in [0.1, 0.15) is 0 Å². The van der Waals surface area contributed by atoms with Crippen LogP contribution >= 0.6 is 11.3 Å². The molecule has 30 heavy (non-hydrogen) atoms. The summed E-state index contributed by atoms with van der Waals surface area (Å²) in [7, 11) is 1.59. The molecule has 154 valence electrons. The monoisotopic (exact) mass is 422 g/mol. The number of hydrogen-bond acceptors (Lipinski definition) is 6. The van der Waals surface area contributed by atoms with Gasteiger partial charge >= 0.3 is 0 Å². The zero-order chi connectivity index (χ0) is 20.7. The fraction of sp³-hybridized carbons (Fsp3) is 0.304. The molecule has 1 aliphatic rings. The van der Waals surface area contributed by atoms with Crippen LogP contribution in [0.4, 0.5) is 5.13 Å². The first-order valence-electron chi connectivity index (χ1n) is 9.99. The number of anilines is 1. The molecule has 7 heteroatoms. The highest BCUT2D eigenvalue weighted by Gasteiger charge is 2.29. The van der Waals surface area contributed by atoms with E-state index in [0.717, 1.165) is 35.1 Å². The lowest BCUT2D eigenvalue weighted by Crippen LogP contribution is -2.37. The van der Waals surface area contributed by atoms with Gasteiger partial charge in [0.15, 0.2) is 22.2 Å². The van der Waals surface area contributed by atoms with E-state index in [2.05, 4.69) is 13.0 Å². The van der Waals surface area contributed by atoms with Gasteiger partial charge in [0.2, 0.25) is 0 Å². The third kappa shape index (κ3) is 3.44. The predicted molar refractivity (Wildman–Crippen MR) is 118 cm³/mol. The number of nitrogens with zero attached hydrogens (tertiary/aromatic N) is 2. The number of hydrogen-bond donors (Lipinski definition) is 0. The Hall–Kier alpha value is -2.90. The molecule has 2 aromatic heterocycles. The molecule has 2 aromatic carbocycles. The first-order chi connectivity index (χ1) is 14.6. The molecule has 0 aliphatic carbocycles. The van der Waals surface area contributed by atoms with Crippen LogP contribution in [0.2, 0.25) is 0 Å². The Morgan fingerprint density at radius 1 is 1.30 bits per heavy atom. The van der Waals surface area contributed by atoms with Crippen molar-refractivity contribution in [2.75, 3.05) is 25.2 Å². The summed E-state index contributed by atoms with van der Waals surface area (Å²) in [6, 6.07) is 13.5. The molecule has 1 unspecified atom stereocenters. The van der Waals surface area contributed by atoms with Crippen LogP contribution in [0.15, 0.2) is 46.9 Å². The van der Waals surface area contributed by atoms with Crippen LogP contribution in [0.1, 0.15) is 29.0 Å². The van der Waals surface area contributed by atoms with Crippen LogP contribution in [0, 0.1) is 6.92 Å². The number of ether oxygens (including phenoxy) is 2. The molecule has 3 heterocycles. The van der Waals surface area contributed by atoms with Crippen molar-refractivity contribution in [1.82, 2.24) is 4.98 Å². The minimum absolute atomic E-state index is 0.00149. The normalized spacial score (nSPS) is 16.4. The first-order valence-corrected chi connectivity index (χ1v) is 10.8. The zero-order valence-corrected chi connectivity index (χ0v) is 17.7. The molecule has 1 aliphatic heterocycles. The smallest absolute Gasteiger partial charge is 0.295 e. The highest BCUT2D eigenvalue weighted by atomic mass is 32.1. The number of aryl methyl sites for hydroxylation is 1. The molecule has 1 amide bonds. The Balaban J connectivity index is 1.55. The molecule has 0 bridgehead atoms. The summed E-state index contributed by atoms with van der Waals surface area (Å²) in [6.07, 6.45) is 1.94. The van der Waals surface area contributed by atoms with Crippen molar-refractivity contribution in [1.29, 1.82) is 0 Å². The number of furan rings is 1. The number of fused-ring (bicyclic) bond motifs is 2. The first kappa shape index (κ1) is 19.1. The Morgan fingerprint density at radius 2 is 2.20 bits per heavy atom. The lowest BCUT2D eigenvalue weighted by atomic mass is 10.2. The summed E-state index contributed by atoms with van der Waals surface area (Å²) in [4.78, 5) is 20.0. The second-order valence-corrected chi connectivity index (χ2v) is 8.52. The van der Waals surface area contributed by atoms with Gasteiger partial charge in [0.25, 0.3) is 5.91 Å². The highest BCUT2D eigenvalue weighted by Crippen LogP contribution is 2.33. The van der Waals surface area contributed by atoms with Crippen molar-refractivity contribution in [2.45, 2.75) is 25.9 Å². The number of thiazole rings is 1. The highest BCUT2D eigenvalue weighted by molar-refractivity contribution is 7.22. The second-order valence-electron chi connectivity index (χ2n) is 7.51. The second kappa shape index (κ2) is 7.74. The van der Waals surface area contributed by atoms with Gasteiger partial charge in [-0.05, 0) is 49.6 Å². The van der Waals surface area contributed by atoms with Gasteiger partial charge in [-0.1, -0.05) is 29.5 Å². The van der Waals surface area contributed by atoms with Crippen molar-refractivity contribution in [2.24, 2.45) is 0 Å². The van der Waals surface area contributed by atoms with E-state index in [4.69, 9.17) is 18.9 Å². The van der Waals surface area contributed by atoms with E-state index in [0.29, 0.717) is 23.0 Å². The maximum absolute atomic E-state index is 13.5. The van der Waals surface area contributed by atoms with E-state index in [1.165, 1.54) is 16.9 Å². The van der Waals surface area contributed by atoms with Crippen LogP contribution in [0.25, 0.3) is 21.2 Å². The molecule has 5 rings (SSSR count). The summed E-state index contributed by atoms with van der Waals surface area (Å²) in [5, 5.41) is 1.48. The third-order valence-electron chi connectivity index (χ3n) is 5.36. The molecule has 0 N–H and O–H groups in total. The number of amides is 1. The number of para-hydroxylation sites is 1. The van der Waals surface area contributed by atoms with Gasteiger partial charge in [-0.3, -0.25) is 9.69 Å². The molecular weight excluding hydrogens is 400 g/mol. The van der Waals surface area contributed by atoms with E-state index < -0.39 is 0 Å². The van der Waals surface area contributed by atoms with Crippen LogP contribution in [0.5, 0.6) is 5.75 Å². The molecule has 4 aromatic rings. The number of carbonyl (C=O) groups excluding carboxylic acids is 1. The van der Waals surface area contributed by atoms with Gasteiger partial charge in [-0.25, -0.2) is 4.98 Å². The number of benzene rings is 2. The average Bonchev–Trinajstić information content (AvgIpc) is 3.49. The SMILES string of the molecule is COc1cccc2cc(C(=O)N(CC3CCCO3)c3nc4ccc(C)cc4s3)oc12. The van der Waals surface area contributed by atoms with E-state index in [1.54, 1.807) is 18.1 Å². The summed E-state index contributed by atoms with van der Waals surface area (Å²) in [5.74, 6) is 0.648. The van der Waals surface area contributed by atoms with Gasteiger partial charge in [0.05, 0.1) is 30.0 Å². The van der Waals surface area contributed by atoms with Crippen molar-refractivity contribution in [3.8, 4) is 5.75 Å². The standard InChI is InChI=1S/C23H22N2O4S/c1-14-8-9-17-20(11-14)30-23(24-17)25(13-16-6-4-10-28-16)22(26)19-12-15-5-3-7-18(27-2)21(15)29-19/h3,5,7-9,11-12,16H,4,6,10,13H2,1-2H3. The summed E-state index contributed by atoms with van der Waals surface area (Å²) >= 11 is 1.51. The Morgan fingerprint density at radius 3 is 3.00 bits per heavy atom. The fourth-order valence-electron chi connectivity index (χ4n) is 3.81. The minimum atomic E-state index is -0.223. The Bertz CT molecular complexity index is 1220. The van der Waals surface area contributed by atoms with Crippen molar-refractivity contribution in [3.05, 3.63) is 53.8 Å². The number of carbonyl (C=O) groups is 1. The van der Waals surface area contributed by atoms with Crippen LogP contribution in [-0.2, 0) is 4.74 Å². The molecule has 0 spiro atoms. The predicted octanol–water partition coefficient (Wildman–Crippen LogP) is 5.19. The molecule has 6 nitrogen and oxygen atoms in total. The minimum Gasteiger partial charge on any atom is -0.493 e. The lowest BCUT2D eigenvalue weighted by Gasteiger charge is -2.22. The molecule has 1 saturated heterocycles. The van der Waals surface area contributed by atoms with Gasteiger partial charge in [0, 0.05) is 12.0 Å². The fourth-order valence-corrected chi connectivity index (χ4v) is 4.88. The molecular formula is C23H22N2O4S. The van der Waals surface area contributed by atoms with E-state index >= 15 is 0 Å². The van der Waals surface area contributed by atoms with Gasteiger partial charge < -0.3 is 13.9 Å². The lowest BCUT2D eigenvalue weighted by molar-refractivity contribution is 0.0896. The summed E-state index contributed by atoms with van der Waals surface area (Å²) < 4.78 is 18.2. The Labute approximate surface area is 178 Å².